The Hall–Kier alpha value is -3.37. The van der Waals surface area contributed by atoms with Crippen LogP contribution in [0, 0.1) is 5.82 Å². The summed E-state index contributed by atoms with van der Waals surface area (Å²) in [6.07, 6.45) is -4.37. The molecule has 0 spiro atoms. The van der Waals surface area contributed by atoms with Gasteiger partial charge in [-0.05, 0) is 42.8 Å². The third-order valence-electron chi connectivity index (χ3n) is 5.82. The summed E-state index contributed by atoms with van der Waals surface area (Å²) >= 11 is 11.6. The molecule has 1 N–H and O–H groups in total. The summed E-state index contributed by atoms with van der Waals surface area (Å²) in [4.78, 5) is 22.9. The highest BCUT2D eigenvalue weighted by molar-refractivity contribution is 6.35. The molecule has 0 saturated carbocycles. The molecule has 1 aliphatic rings. The van der Waals surface area contributed by atoms with Crippen molar-refractivity contribution < 1.29 is 32.0 Å². The molecule has 1 unspecified atom stereocenters. The molecule has 1 aliphatic heterocycles. The minimum Gasteiger partial charge on any atom is -0.393 e. The molecular weight excluding hydrogens is 549 g/mol. The van der Waals surface area contributed by atoms with E-state index in [1.165, 1.54) is 18.3 Å². The first-order valence-corrected chi connectivity index (χ1v) is 12.1. The lowest BCUT2D eigenvalue weighted by Gasteiger charge is -2.29. The smallest absolute Gasteiger partial charge is 0.393 e. The van der Waals surface area contributed by atoms with Crippen LogP contribution in [0.3, 0.4) is 0 Å². The van der Waals surface area contributed by atoms with Crippen molar-refractivity contribution in [3.8, 4) is 0 Å². The molecule has 1 heterocycles. The van der Waals surface area contributed by atoms with Gasteiger partial charge in [-0.2, -0.15) is 13.2 Å². The van der Waals surface area contributed by atoms with Gasteiger partial charge < -0.3 is 15.0 Å². The van der Waals surface area contributed by atoms with Crippen LogP contribution in [0.2, 0.25) is 10.0 Å². The minimum absolute atomic E-state index is 0.0139. The van der Waals surface area contributed by atoms with Crippen molar-refractivity contribution in [1.29, 1.82) is 0 Å². The molecule has 200 valence electrons. The number of hydrogen-bond acceptors (Lipinski definition) is 5. The van der Waals surface area contributed by atoms with E-state index in [0.717, 1.165) is 12.1 Å². The highest BCUT2D eigenvalue weighted by Crippen LogP contribution is 2.50. The van der Waals surface area contributed by atoms with Gasteiger partial charge in [-0.25, -0.2) is 4.39 Å². The lowest BCUT2D eigenvalue weighted by Crippen LogP contribution is -2.42. The molecule has 0 aliphatic carbocycles. The average molecular weight is 570 g/mol. The van der Waals surface area contributed by atoms with Gasteiger partial charge in [-0.3, -0.25) is 4.79 Å². The number of hydrogen-bond donors (Lipinski definition) is 1. The van der Waals surface area contributed by atoms with Crippen molar-refractivity contribution >= 4 is 51.8 Å². The number of carbonyl (C=O) groups excluding carboxylic acids is 1. The first-order valence-electron chi connectivity index (χ1n) is 11.4. The summed E-state index contributed by atoms with van der Waals surface area (Å²) in [5.74, 6) is -1.44. The number of fused-ring (bicyclic) bond motifs is 1. The number of nitrogens with zero attached hydrogens (tertiary/aromatic N) is 2. The maximum Gasteiger partial charge on any atom is 0.435 e. The fraction of sp³-hybridized carbons (Fsp3) is 0.269. The second kappa shape index (κ2) is 10.8. The Balaban J connectivity index is 1.67. The Morgan fingerprint density at radius 2 is 1.84 bits per heavy atom. The fourth-order valence-electron chi connectivity index (χ4n) is 4.02. The third kappa shape index (κ3) is 5.28. The van der Waals surface area contributed by atoms with Gasteiger partial charge in [-0.15, -0.1) is 0 Å². The minimum atomic E-state index is -4.95. The first kappa shape index (κ1) is 27.7. The summed E-state index contributed by atoms with van der Waals surface area (Å²) in [7, 11) is 0. The van der Waals surface area contributed by atoms with E-state index in [1.54, 1.807) is 24.3 Å². The van der Waals surface area contributed by atoms with E-state index < -0.39 is 45.5 Å². The number of alkyl halides is 3. The summed E-state index contributed by atoms with van der Waals surface area (Å²) in [5.41, 5.74) is -2.78. The normalized spacial score (nSPS) is 17.7. The molecular formula is C26H21Cl2F4N3O3. The number of oxime groups is 2. The van der Waals surface area contributed by atoms with Crippen molar-refractivity contribution in [2.75, 3.05) is 6.54 Å². The summed E-state index contributed by atoms with van der Waals surface area (Å²) in [5, 5.41) is 10.1. The Kier molecular flexibility index (Phi) is 7.85. The van der Waals surface area contributed by atoms with E-state index >= 15 is 0 Å². The standard InChI is InChI=1S/C26H21Cl2F4N3O3/c1-14(2)37-34-10-9-33-24(36)19-8-7-18(16-5-3-4-6-17(16)19)22-13-25(38-35-22,26(30,31)32)15-11-20(27)23(29)21(28)12-15/h3-8,10-12,14H,9,13H2,1-2H3,(H,33,36). The number of rotatable bonds is 7. The fourth-order valence-corrected chi connectivity index (χ4v) is 4.51. The number of halogens is 6. The zero-order chi connectivity index (χ0) is 27.7. The zero-order valence-corrected chi connectivity index (χ0v) is 21.6. The maximum atomic E-state index is 14.4. The quantitative estimate of drug-likeness (QED) is 0.144. The van der Waals surface area contributed by atoms with Crippen molar-refractivity contribution in [1.82, 2.24) is 5.32 Å². The van der Waals surface area contributed by atoms with Gasteiger partial charge in [0.1, 0.15) is 6.10 Å². The van der Waals surface area contributed by atoms with Gasteiger partial charge in [0, 0.05) is 23.1 Å². The number of carbonyl (C=O) groups is 1. The van der Waals surface area contributed by atoms with Gasteiger partial charge in [0.25, 0.3) is 11.5 Å². The van der Waals surface area contributed by atoms with Crippen LogP contribution < -0.4 is 5.32 Å². The van der Waals surface area contributed by atoms with Crippen LogP contribution in [0.15, 0.2) is 58.8 Å². The van der Waals surface area contributed by atoms with Crippen molar-refractivity contribution in [2.24, 2.45) is 10.3 Å². The molecule has 0 radical (unpaired) electrons. The van der Waals surface area contributed by atoms with E-state index in [0.29, 0.717) is 21.9 Å². The summed E-state index contributed by atoms with van der Waals surface area (Å²) < 4.78 is 57.1. The summed E-state index contributed by atoms with van der Waals surface area (Å²) in [6.45, 7) is 3.73. The van der Waals surface area contributed by atoms with Crippen molar-refractivity contribution in [2.45, 2.75) is 38.1 Å². The second-order valence-corrected chi connectivity index (χ2v) is 9.56. The van der Waals surface area contributed by atoms with E-state index in [4.69, 9.17) is 32.9 Å². The Bertz CT molecular complexity index is 1420. The molecule has 12 heteroatoms. The van der Waals surface area contributed by atoms with E-state index in [2.05, 4.69) is 15.6 Å². The van der Waals surface area contributed by atoms with Crippen LogP contribution in [0.1, 0.15) is 41.8 Å². The zero-order valence-electron chi connectivity index (χ0n) is 20.1. The van der Waals surface area contributed by atoms with Crippen LogP contribution in [0.4, 0.5) is 17.6 Å². The van der Waals surface area contributed by atoms with E-state index in [-0.39, 0.29) is 18.4 Å². The van der Waals surface area contributed by atoms with E-state index in [1.807, 2.05) is 13.8 Å². The van der Waals surface area contributed by atoms with Gasteiger partial charge in [-0.1, -0.05) is 63.8 Å². The molecule has 0 fully saturated rings. The number of amides is 1. The first-order chi connectivity index (χ1) is 17.9. The average Bonchev–Trinajstić information content (AvgIpc) is 3.32. The van der Waals surface area contributed by atoms with Crippen LogP contribution in [-0.4, -0.2) is 36.7 Å². The third-order valence-corrected chi connectivity index (χ3v) is 6.37. The molecule has 1 atom stereocenters. The van der Waals surface area contributed by atoms with Crippen molar-refractivity contribution in [3.63, 3.8) is 0 Å². The topological polar surface area (TPSA) is 72.3 Å². The lowest BCUT2D eigenvalue weighted by molar-refractivity contribution is -0.275. The van der Waals surface area contributed by atoms with Crippen LogP contribution in [0.25, 0.3) is 10.8 Å². The predicted octanol–water partition coefficient (Wildman–Crippen LogP) is 7.01. The largest absolute Gasteiger partial charge is 0.435 e. The van der Waals surface area contributed by atoms with Gasteiger partial charge >= 0.3 is 6.18 Å². The van der Waals surface area contributed by atoms with Crippen LogP contribution in [0.5, 0.6) is 0 Å². The highest BCUT2D eigenvalue weighted by Gasteiger charge is 2.62. The number of nitrogens with one attached hydrogen (secondary N) is 1. The molecule has 0 aromatic heterocycles. The van der Waals surface area contributed by atoms with Crippen LogP contribution >= 0.6 is 23.2 Å². The van der Waals surface area contributed by atoms with Crippen molar-refractivity contribution in [3.05, 3.63) is 81.1 Å². The summed E-state index contributed by atoms with van der Waals surface area (Å²) in [6, 6.07) is 11.4. The monoisotopic (exact) mass is 569 g/mol. The second-order valence-electron chi connectivity index (χ2n) is 8.74. The molecule has 1 amide bonds. The van der Waals surface area contributed by atoms with Gasteiger partial charge in [0.05, 0.1) is 28.5 Å². The Morgan fingerprint density at radius 1 is 1.18 bits per heavy atom. The molecule has 4 rings (SSSR count). The molecule has 0 saturated heterocycles. The molecule has 6 nitrogen and oxygen atoms in total. The lowest BCUT2D eigenvalue weighted by atomic mass is 9.85. The molecule has 0 bridgehead atoms. The number of benzene rings is 3. The van der Waals surface area contributed by atoms with Gasteiger partial charge in [0.2, 0.25) is 0 Å². The Labute approximate surface area is 225 Å². The van der Waals surface area contributed by atoms with Crippen LogP contribution in [-0.2, 0) is 15.3 Å². The van der Waals surface area contributed by atoms with Gasteiger partial charge in [0.15, 0.2) is 5.82 Å². The highest BCUT2D eigenvalue weighted by atomic mass is 35.5. The molecule has 3 aromatic carbocycles. The predicted molar refractivity (Wildman–Crippen MR) is 137 cm³/mol. The van der Waals surface area contributed by atoms with E-state index in [9.17, 15) is 22.4 Å². The molecule has 38 heavy (non-hydrogen) atoms. The Morgan fingerprint density at radius 3 is 2.47 bits per heavy atom. The SMILES string of the molecule is CC(C)ON=CCNC(=O)c1ccc(C2=NOC(c3cc(Cl)c(F)c(Cl)c3)(C(F)(F)F)C2)c2ccccc12. The maximum absolute atomic E-state index is 14.4. The molecule has 3 aromatic rings.